The third kappa shape index (κ3) is 3.65. The molecule has 1 N–H and O–H groups in total. The minimum absolute atomic E-state index is 0.379. The summed E-state index contributed by atoms with van der Waals surface area (Å²) in [7, 11) is -3.36. The van der Waals surface area contributed by atoms with Crippen molar-refractivity contribution in [1.29, 1.82) is 0 Å². The van der Waals surface area contributed by atoms with Crippen LogP contribution >= 0.6 is 0 Å². The highest BCUT2D eigenvalue weighted by molar-refractivity contribution is 7.89. The zero-order chi connectivity index (χ0) is 15.6. The zero-order valence-electron chi connectivity index (χ0n) is 13.4. The van der Waals surface area contributed by atoms with Crippen LogP contribution in [0.15, 0.2) is 23.1 Å². The molecule has 2 rings (SSSR count). The molecule has 4 nitrogen and oxygen atoms in total. The molecule has 0 bridgehead atoms. The van der Waals surface area contributed by atoms with E-state index in [2.05, 4.69) is 26.1 Å². The van der Waals surface area contributed by atoms with Crippen molar-refractivity contribution in [3.05, 3.63) is 29.3 Å². The van der Waals surface area contributed by atoms with Crippen molar-refractivity contribution >= 4 is 10.0 Å². The van der Waals surface area contributed by atoms with E-state index >= 15 is 0 Å². The van der Waals surface area contributed by atoms with E-state index in [9.17, 15) is 8.42 Å². The van der Waals surface area contributed by atoms with Crippen molar-refractivity contribution in [3.63, 3.8) is 0 Å². The van der Waals surface area contributed by atoms with E-state index < -0.39 is 10.0 Å². The molecule has 1 heterocycles. The summed E-state index contributed by atoms with van der Waals surface area (Å²) in [6.07, 6.45) is 0.951. The van der Waals surface area contributed by atoms with Crippen molar-refractivity contribution in [2.24, 2.45) is 5.92 Å². The van der Waals surface area contributed by atoms with E-state index in [1.165, 1.54) is 0 Å². The lowest BCUT2D eigenvalue weighted by Gasteiger charge is -2.19. The van der Waals surface area contributed by atoms with Crippen LogP contribution in [0.3, 0.4) is 0 Å². The number of nitrogens with zero attached hydrogens (tertiary/aromatic N) is 1. The van der Waals surface area contributed by atoms with Gasteiger partial charge in [-0.3, -0.25) is 0 Å². The Morgan fingerprint density at radius 1 is 1.38 bits per heavy atom. The Morgan fingerprint density at radius 3 is 2.67 bits per heavy atom. The van der Waals surface area contributed by atoms with E-state index in [0.29, 0.717) is 36.5 Å². The van der Waals surface area contributed by atoms with Crippen LogP contribution in [0.25, 0.3) is 0 Å². The SMILES string of the molecule is Cc1c(CNC(C)C)cccc1S(=O)(=O)N1CCC(C)C1. The highest BCUT2D eigenvalue weighted by Gasteiger charge is 2.31. The van der Waals surface area contributed by atoms with Gasteiger partial charge < -0.3 is 5.32 Å². The van der Waals surface area contributed by atoms with Gasteiger partial charge in [-0.25, -0.2) is 8.42 Å². The number of rotatable bonds is 5. The molecule has 1 aromatic carbocycles. The standard InChI is InChI=1S/C16H26N2O2S/c1-12(2)17-10-15-6-5-7-16(14(15)4)21(19,20)18-9-8-13(3)11-18/h5-7,12-13,17H,8-11H2,1-4H3. The third-order valence-corrected chi connectivity index (χ3v) is 6.11. The van der Waals surface area contributed by atoms with Gasteiger partial charge in [0.1, 0.15) is 0 Å². The molecule has 0 saturated carbocycles. The lowest BCUT2D eigenvalue weighted by atomic mass is 10.1. The number of sulfonamides is 1. The van der Waals surface area contributed by atoms with Gasteiger partial charge in [-0.1, -0.05) is 32.9 Å². The minimum Gasteiger partial charge on any atom is -0.310 e. The smallest absolute Gasteiger partial charge is 0.243 e. The lowest BCUT2D eigenvalue weighted by molar-refractivity contribution is 0.464. The Kier molecular flexibility index (Phi) is 5.07. The molecule has 5 heteroatoms. The molecule has 1 unspecified atom stereocenters. The fraction of sp³-hybridized carbons (Fsp3) is 0.625. The van der Waals surface area contributed by atoms with Crippen LogP contribution in [0.4, 0.5) is 0 Å². The monoisotopic (exact) mass is 310 g/mol. The van der Waals surface area contributed by atoms with Crippen LogP contribution in [0.2, 0.25) is 0 Å². The molecule has 0 spiro atoms. The quantitative estimate of drug-likeness (QED) is 0.909. The fourth-order valence-corrected chi connectivity index (χ4v) is 4.54. The number of nitrogens with one attached hydrogen (secondary N) is 1. The Morgan fingerprint density at radius 2 is 2.10 bits per heavy atom. The molecule has 1 aromatic rings. The van der Waals surface area contributed by atoms with Crippen molar-refractivity contribution in [3.8, 4) is 0 Å². The first-order valence-electron chi connectivity index (χ1n) is 7.64. The second-order valence-corrected chi connectivity index (χ2v) is 8.24. The number of hydrogen-bond acceptors (Lipinski definition) is 3. The average molecular weight is 310 g/mol. The Bertz CT molecular complexity index is 596. The molecule has 0 aliphatic carbocycles. The maximum absolute atomic E-state index is 12.8. The second kappa shape index (κ2) is 6.46. The maximum atomic E-state index is 12.8. The topological polar surface area (TPSA) is 49.4 Å². The largest absolute Gasteiger partial charge is 0.310 e. The van der Waals surface area contributed by atoms with Gasteiger partial charge in [0.25, 0.3) is 0 Å². The van der Waals surface area contributed by atoms with Gasteiger partial charge in [0.2, 0.25) is 10.0 Å². The number of benzene rings is 1. The van der Waals surface area contributed by atoms with Crippen LogP contribution < -0.4 is 5.32 Å². The van der Waals surface area contributed by atoms with E-state index in [4.69, 9.17) is 0 Å². The first kappa shape index (κ1) is 16.5. The predicted molar refractivity (Wildman–Crippen MR) is 85.7 cm³/mol. The summed E-state index contributed by atoms with van der Waals surface area (Å²) in [4.78, 5) is 0.458. The molecule has 0 radical (unpaired) electrons. The molecule has 0 amide bonds. The van der Waals surface area contributed by atoms with E-state index in [1.54, 1.807) is 10.4 Å². The van der Waals surface area contributed by atoms with E-state index in [-0.39, 0.29) is 0 Å². The van der Waals surface area contributed by atoms with Gasteiger partial charge in [-0.05, 0) is 36.5 Å². The maximum Gasteiger partial charge on any atom is 0.243 e. The van der Waals surface area contributed by atoms with Gasteiger partial charge in [0.05, 0.1) is 4.90 Å². The summed E-state index contributed by atoms with van der Waals surface area (Å²) >= 11 is 0. The van der Waals surface area contributed by atoms with Gasteiger partial charge in [0.15, 0.2) is 0 Å². The van der Waals surface area contributed by atoms with Gasteiger partial charge in [-0.2, -0.15) is 4.31 Å². The molecular weight excluding hydrogens is 284 g/mol. The summed E-state index contributed by atoms with van der Waals surface area (Å²) in [6.45, 7) is 10.1. The normalized spacial score (nSPS) is 20.3. The zero-order valence-corrected chi connectivity index (χ0v) is 14.2. The molecule has 21 heavy (non-hydrogen) atoms. The van der Waals surface area contributed by atoms with Crippen molar-refractivity contribution in [1.82, 2.24) is 9.62 Å². The highest BCUT2D eigenvalue weighted by atomic mass is 32.2. The second-order valence-electron chi connectivity index (χ2n) is 6.33. The molecule has 1 aliphatic heterocycles. The van der Waals surface area contributed by atoms with E-state index in [0.717, 1.165) is 17.5 Å². The highest BCUT2D eigenvalue weighted by Crippen LogP contribution is 2.27. The summed E-state index contributed by atoms with van der Waals surface area (Å²) in [5.41, 5.74) is 1.92. The summed E-state index contributed by atoms with van der Waals surface area (Å²) in [6, 6.07) is 5.95. The van der Waals surface area contributed by atoms with Crippen molar-refractivity contribution < 1.29 is 8.42 Å². The Hall–Kier alpha value is -0.910. The third-order valence-electron chi connectivity index (χ3n) is 4.10. The van der Waals surface area contributed by atoms with Crippen LogP contribution in [-0.2, 0) is 16.6 Å². The van der Waals surface area contributed by atoms with Crippen molar-refractivity contribution in [2.75, 3.05) is 13.1 Å². The van der Waals surface area contributed by atoms with Gasteiger partial charge in [-0.15, -0.1) is 0 Å². The molecule has 1 fully saturated rings. The first-order chi connectivity index (χ1) is 9.82. The molecule has 1 atom stereocenters. The van der Waals surface area contributed by atoms with E-state index in [1.807, 2.05) is 19.1 Å². The van der Waals surface area contributed by atoms with Gasteiger partial charge >= 0.3 is 0 Å². The average Bonchev–Trinajstić information content (AvgIpc) is 2.84. The minimum atomic E-state index is -3.36. The lowest BCUT2D eigenvalue weighted by Crippen LogP contribution is -2.29. The first-order valence-corrected chi connectivity index (χ1v) is 9.08. The Labute approximate surface area is 128 Å². The van der Waals surface area contributed by atoms with Gasteiger partial charge in [0, 0.05) is 25.7 Å². The predicted octanol–water partition coefficient (Wildman–Crippen LogP) is 2.52. The van der Waals surface area contributed by atoms with Crippen LogP contribution in [0.5, 0.6) is 0 Å². The molecule has 1 saturated heterocycles. The Balaban J connectivity index is 2.29. The van der Waals surface area contributed by atoms with Crippen LogP contribution in [0, 0.1) is 12.8 Å². The van der Waals surface area contributed by atoms with Crippen LogP contribution in [0.1, 0.15) is 38.3 Å². The molecule has 1 aliphatic rings. The molecular formula is C16H26N2O2S. The fourth-order valence-electron chi connectivity index (χ4n) is 2.70. The summed E-state index contributed by atoms with van der Waals surface area (Å²) in [5.74, 6) is 0.450. The molecule has 118 valence electrons. The summed E-state index contributed by atoms with van der Waals surface area (Å²) in [5, 5.41) is 3.35. The van der Waals surface area contributed by atoms with Crippen LogP contribution in [-0.4, -0.2) is 31.9 Å². The summed E-state index contributed by atoms with van der Waals surface area (Å²) < 4.78 is 27.2. The van der Waals surface area contributed by atoms with Crippen molar-refractivity contribution in [2.45, 2.75) is 51.6 Å². The molecule has 0 aromatic heterocycles. The number of hydrogen-bond donors (Lipinski definition) is 1.